The van der Waals surface area contributed by atoms with Crippen molar-refractivity contribution in [2.75, 3.05) is 18.0 Å². The second-order valence-corrected chi connectivity index (χ2v) is 4.93. The average molecular weight is 236 g/mol. The van der Waals surface area contributed by atoms with Crippen LogP contribution in [-0.4, -0.2) is 28.7 Å². The first-order valence-corrected chi connectivity index (χ1v) is 6.81. The van der Waals surface area contributed by atoms with Gasteiger partial charge in [0.25, 0.3) is 0 Å². The van der Waals surface area contributed by atoms with Gasteiger partial charge >= 0.3 is 0 Å². The molecule has 0 aliphatic carbocycles. The highest BCUT2D eigenvalue weighted by Crippen LogP contribution is 2.20. The van der Waals surface area contributed by atoms with Crippen LogP contribution in [0.2, 0.25) is 0 Å². The van der Waals surface area contributed by atoms with Crippen LogP contribution >= 0.6 is 0 Å². The molecule has 1 aromatic heterocycles. The topological polar surface area (TPSA) is 47.1 Å². The Labute approximate surface area is 104 Å². The summed E-state index contributed by atoms with van der Waals surface area (Å²) in [6, 6.07) is 0.306. The standard InChI is InChI=1S/C13H24N4/c1-3-7-16-10-12(4-2)15-13(16)17-8-5-6-11(14)9-17/h10-11H,3-9,14H2,1-2H3. The Morgan fingerprint density at radius 3 is 2.94 bits per heavy atom. The fourth-order valence-corrected chi connectivity index (χ4v) is 2.48. The molecule has 1 aliphatic rings. The number of imidazole rings is 1. The number of hydrogen-bond donors (Lipinski definition) is 1. The van der Waals surface area contributed by atoms with E-state index in [0.717, 1.165) is 44.8 Å². The fourth-order valence-electron chi connectivity index (χ4n) is 2.48. The van der Waals surface area contributed by atoms with Crippen molar-refractivity contribution in [2.45, 2.75) is 52.1 Å². The third-order valence-electron chi connectivity index (χ3n) is 3.37. The van der Waals surface area contributed by atoms with Gasteiger partial charge in [-0.05, 0) is 25.7 Å². The Hall–Kier alpha value is -1.03. The summed E-state index contributed by atoms with van der Waals surface area (Å²) in [5, 5.41) is 0. The van der Waals surface area contributed by atoms with Crippen molar-refractivity contribution in [2.24, 2.45) is 5.73 Å². The van der Waals surface area contributed by atoms with E-state index in [0.29, 0.717) is 6.04 Å². The molecule has 1 fully saturated rings. The quantitative estimate of drug-likeness (QED) is 0.867. The maximum atomic E-state index is 6.05. The van der Waals surface area contributed by atoms with E-state index in [1.54, 1.807) is 0 Å². The van der Waals surface area contributed by atoms with Crippen molar-refractivity contribution < 1.29 is 0 Å². The van der Waals surface area contributed by atoms with Crippen molar-refractivity contribution in [3.05, 3.63) is 11.9 Å². The lowest BCUT2D eigenvalue weighted by Gasteiger charge is -2.31. The highest BCUT2D eigenvalue weighted by atomic mass is 15.3. The summed E-state index contributed by atoms with van der Waals surface area (Å²) >= 11 is 0. The second-order valence-electron chi connectivity index (χ2n) is 4.93. The third kappa shape index (κ3) is 2.80. The van der Waals surface area contributed by atoms with E-state index in [2.05, 4.69) is 29.5 Å². The molecule has 1 unspecified atom stereocenters. The van der Waals surface area contributed by atoms with Gasteiger partial charge in [-0.15, -0.1) is 0 Å². The largest absolute Gasteiger partial charge is 0.341 e. The number of nitrogens with two attached hydrogens (primary N) is 1. The summed E-state index contributed by atoms with van der Waals surface area (Å²) in [6.07, 6.45) is 6.67. The first-order chi connectivity index (χ1) is 8.24. The Bertz CT molecular complexity index is 358. The van der Waals surface area contributed by atoms with Gasteiger partial charge in [0, 0.05) is 31.9 Å². The van der Waals surface area contributed by atoms with E-state index in [4.69, 9.17) is 10.7 Å². The van der Waals surface area contributed by atoms with Crippen molar-refractivity contribution in [1.82, 2.24) is 9.55 Å². The fraction of sp³-hybridized carbons (Fsp3) is 0.769. The molecule has 1 atom stereocenters. The van der Waals surface area contributed by atoms with Gasteiger partial charge in [0.15, 0.2) is 0 Å². The molecule has 0 saturated carbocycles. The van der Waals surface area contributed by atoms with Crippen LogP contribution in [0.4, 0.5) is 5.95 Å². The molecule has 2 heterocycles. The van der Waals surface area contributed by atoms with Crippen LogP contribution in [-0.2, 0) is 13.0 Å². The lowest BCUT2D eigenvalue weighted by molar-refractivity contribution is 0.491. The Kier molecular flexibility index (Phi) is 4.05. The summed E-state index contributed by atoms with van der Waals surface area (Å²) in [5.41, 5.74) is 7.23. The monoisotopic (exact) mass is 236 g/mol. The van der Waals surface area contributed by atoms with Crippen molar-refractivity contribution in [1.29, 1.82) is 0 Å². The molecule has 1 saturated heterocycles. The number of anilines is 1. The molecule has 4 nitrogen and oxygen atoms in total. The maximum Gasteiger partial charge on any atom is 0.205 e. The molecule has 96 valence electrons. The summed E-state index contributed by atoms with van der Waals surface area (Å²) in [4.78, 5) is 7.09. The van der Waals surface area contributed by atoms with Gasteiger partial charge in [-0.2, -0.15) is 0 Å². The van der Waals surface area contributed by atoms with Crippen LogP contribution in [0, 0.1) is 0 Å². The van der Waals surface area contributed by atoms with E-state index in [9.17, 15) is 0 Å². The van der Waals surface area contributed by atoms with Crippen molar-refractivity contribution in [3.63, 3.8) is 0 Å². The van der Waals surface area contributed by atoms with Gasteiger partial charge in [0.1, 0.15) is 0 Å². The number of aryl methyl sites for hydroxylation is 2. The minimum Gasteiger partial charge on any atom is -0.341 e. The zero-order chi connectivity index (χ0) is 12.3. The van der Waals surface area contributed by atoms with Crippen LogP contribution in [0.3, 0.4) is 0 Å². The first-order valence-electron chi connectivity index (χ1n) is 6.81. The lowest BCUT2D eigenvalue weighted by atomic mass is 10.1. The number of hydrogen-bond acceptors (Lipinski definition) is 3. The third-order valence-corrected chi connectivity index (χ3v) is 3.37. The smallest absolute Gasteiger partial charge is 0.205 e. The van der Waals surface area contributed by atoms with Crippen LogP contribution < -0.4 is 10.6 Å². The molecule has 4 heteroatoms. The highest BCUT2D eigenvalue weighted by molar-refractivity contribution is 5.34. The summed E-state index contributed by atoms with van der Waals surface area (Å²) in [5.74, 6) is 1.12. The maximum absolute atomic E-state index is 6.05. The molecule has 0 bridgehead atoms. The van der Waals surface area contributed by atoms with E-state index in [1.165, 1.54) is 12.1 Å². The molecule has 1 aliphatic heterocycles. The molecule has 2 N–H and O–H groups in total. The van der Waals surface area contributed by atoms with Gasteiger partial charge in [-0.1, -0.05) is 13.8 Å². The number of nitrogens with zero attached hydrogens (tertiary/aromatic N) is 3. The minimum absolute atomic E-state index is 0.306. The van der Waals surface area contributed by atoms with Gasteiger partial charge in [0.2, 0.25) is 5.95 Å². The van der Waals surface area contributed by atoms with E-state index >= 15 is 0 Å². The number of piperidine rings is 1. The first kappa shape index (κ1) is 12.4. The van der Waals surface area contributed by atoms with Gasteiger partial charge in [-0.25, -0.2) is 4.98 Å². The van der Waals surface area contributed by atoms with Crippen LogP contribution in [0.1, 0.15) is 38.8 Å². The molecular weight excluding hydrogens is 212 g/mol. The number of rotatable bonds is 4. The van der Waals surface area contributed by atoms with E-state index < -0.39 is 0 Å². The highest BCUT2D eigenvalue weighted by Gasteiger charge is 2.21. The summed E-state index contributed by atoms with van der Waals surface area (Å²) < 4.78 is 2.29. The van der Waals surface area contributed by atoms with Gasteiger partial charge in [-0.3, -0.25) is 0 Å². The van der Waals surface area contributed by atoms with Gasteiger partial charge < -0.3 is 15.2 Å². The zero-order valence-electron chi connectivity index (χ0n) is 11.0. The van der Waals surface area contributed by atoms with Crippen molar-refractivity contribution in [3.8, 4) is 0 Å². The SMILES string of the molecule is CCCn1cc(CC)nc1N1CCCC(N)C1. The lowest BCUT2D eigenvalue weighted by Crippen LogP contribution is -2.44. The zero-order valence-corrected chi connectivity index (χ0v) is 11.0. The molecule has 2 rings (SSSR count). The molecule has 0 radical (unpaired) electrons. The molecule has 17 heavy (non-hydrogen) atoms. The predicted octanol–water partition coefficient (Wildman–Crippen LogP) is 1.78. The predicted molar refractivity (Wildman–Crippen MR) is 71.3 cm³/mol. The minimum atomic E-state index is 0.306. The van der Waals surface area contributed by atoms with Crippen molar-refractivity contribution >= 4 is 5.95 Å². The summed E-state index contributed by atoms with van der Waals surface area (Å²) in [7, 11) is 0. The Morgan fingerprint density at radius 2 is 2.29 bits per heavy atom. The van der Waals surface area contributed by atoms with Crippen LogP contribution in [0.25, 0.3) is 0 Å². The van der Waals surface area contributed by atoms with E-state index in [1.807, 2.05) is 0 Å². The molecular formula is C13H24N4. The van der Waals surface area contributed by atoms with Crippen LogP contribution in [0.15, 0.2) is 6.20 Å². The van der Waals surface area contributed by atoms with Gasteiger partial charge in [0.05, 0.1) is 5.69 Å². The Balaban J connectivity index is 2.19. The summed E-state index contributed by atoms with van der Waals surface area (Å²) in [6.45, 7) is 7.46. The van der Waals surface area contributed by atoms with E-state index in [-0.39, 0.29) is 0 Å². The molecule has 1 aromatic rings. The molecule has 0 spiro atoms. The second kappa shape index (κ2) is 5.54. The average Bonchev–Trinajstić information content (AvgIpc) is 2.73. The number of aromatic nitrogens is 2. The van der Waals surface area contributed by atoms with Crippen LogP contribution in [0.5, 0.6) is 0 Å². The molecule has 0 amide bonds. The molecule has 0 aromatic carbocycles. The normalized spacial score (nSPS) is 20.9. The Morgan fingerprint density at radius 1 is 1.47 bits per heavy atom.